The van der Waals surface area contributed by atoms with Crippen molar-refractivity contribution in [1.29, 1.82) is 0 Å². The summed E-state index contributed by atoms with van der Waals surface area (Å²) in [6.07, 6.45) is 5.91. The zero-order valence-electron chi connectivity index (χ0n) is 10.5. The van der Waals surface area contributed by atoms with Gasteiger partial charge in [0.25, 0.3) is 0 Å². The van der Waals surface area contributed by atoms with E-state index in [0.29, 0.717) is 18.1 Å². The molecule has 3 nitrogen and oxygen atoms in total. The van der Waals surface area contributed by atoms with Gasteiger partial charge in [-0.25, -0.2) is 4.79 Å². The van der Waals surface area contributed by atoms with Crippen molar-refractivity contribution in [3.63, 3.8) is 0 Å². The van der Waals surface area contributed by atoms with Gasteiger partial charge in [-0.1, -0.05) is 36.8 Å². The molecule has 18 heavy (non-hydrogen) atoms. The molecule has 2 fully saturated rings. The van der Waals surface area contributed by atoms with E-state index in [1.807, 2.05) is 30.3 Å². The van der Waals surface area contributed by atoms with Crippen LogP contribution in [0, 0.1) is 5.41 Å². The maximum absolute atomic E-state index is 11.8. The molecule has 1 unspecified atom stereocenters. The summed E-state index contributed by atoms with van der Waals surface area (Å²) < 4.78 is 5.26. The summed E-state index contributed by atoms with van der Waals surface area (Å²) in [6.45, 7) is 0.354. The number of nitrogens with one attached hydrogen (secondary N) is 1. The molecule has 1 spiro atoms. The average molecular weight is 245 g/mol. The SMILES string of the molecule is O=C(NC1CCCC12CC2)OCc1ccccc1. The molecule has 0 radical (unpaired) electrons. The Balaban J connectivity index is 1.48. The lowest BCUT2D eigenvalue weighted by molar-refractivity contribution is 0.132. The van der Waals surface area contributed by atoms with Crippen LogP contribution in [0.2, 0.25) is 0 Å². The lowest BCUT2D eigenvalue weighted by atomic mass is 10.0. The van der Waals surface area contributed by atoms with Crippen LogP contribution >= 0.6 is 0 Å². The van der Waals surface area contributed by atoms with Crippen LogP contribution in [0.15, 0.2) is 30.3 Å². The van der Waals surface area contributed by atoms with Gasteiger partial charge in [0.2, 0.25) is 0 Å². The molecule has 0 saturated heterocycles. The third-order valence-corrected chi connectivity index (χ3v) is 4.30. The van der Waals surface area contributed by atoms with Gasteiger partial charge in [-0.15, -0.1) is 0 Å². The van der Waals surface area contributed by atoms with E-state index in [1.54, 1.807) is 0 Å². The van der Waals surface area contributed by atoms with Gasteiger partial charge >= 0.3 is 6.09 Å². The molecular formula is C15H19NO2. The van der Waals surface area contributed by atoms with Crippen molar-refractivity contribution in [1.82, 2.24) is 5.32 Å². The quantitative estimate of drug-likeness (QED) is 0.887. The van der Waals surface area contributed by atoms with E-state index in [2.05, 4.69) is 5.32 Å². The van der Waals surface area contributed by atoms with Crippen molar-refractivity contribution < 1.29 is 9.53 Å². The standard InChI is InChI=1S/C15H19NO2/c17-14(18-11-12-5-2-1-3-6-12)16-13-7-4-8-15(13)9-10-15/h1-3,5-6,13H,4,7-11H2,(H,16,17). The molecule has 3 rings (SSSR count). The highest BCUT2D eigenvalue weighted by Gasteiger charge is 2.52. The highest BCUT2D eigenvalue weighted by molar-refractivity contribution is 5.68. The topological polar surface area (TPSA) is 38.3 Å². The summed E-state index contributed by atoms with van der Waals surface area (Å²) in [5.41, 5.74) is 1.46. The van der Waals surface area contributed by atoms with Gasteiger partial charge in [0.15, 0.2) is 0 Å². The highest BCUT2D eigenvalue weighted by Crippen LogP contribution is 2.57. The molecule has 2 saturated carbocycles. The van der Waals surface area contributed by atoms with Crippen LogP contribution in [0.1, 0.15) is 37.7 Å². The van der Waals surface area contributed by atoms with E-state index in [4.69, 9.17) is 4.74 Å². The maximum atomic E-state index is 11.8. The average Bonchev–Trinajstić information content (AvgIpc) is 3.07. The monoisotopic (exact) mass is 245 g/mol. The number of carbonyl (C=O) groups excluding carboxylic acids is 1. The van der Waals surface area contributed by atoms with E-state index < -0.39 is 0 Å². The van der Waals surface area contributed by atoms with Gasteiger partial charge in [0.05, 0.1) is 0 Å². The molecular weight excluding hydrogens is 226 g/mol. The Bertz CT molecular complexity index is 425. The van der Waals surface area contributed by atoms with Crippen LogP contribution in [0.5, 0.6) is 0 Å². The summed E-state index contributed by atoms with van der Waals surface area (Å²) in [4.78, 5) is 11.8. The van der Waals surface area contributed by atoms with Gasteiger partial charge in [0, 0.05) is 6.04 Å². The molecule has 0 heterocycles. The minimum absolute atomic E-state index is 0.267. The zero-order chi connectivity index (χ0) is 12.4. The van der Waals surface area contributed by atoms with E-state index in [1.165, 1.54) is 25.7 Å². The van der Waals surface area contributed by atoms with Crippen molar-refractivity contribution >= 4 is 6.09 Å². The molecule has 1 N–H and O–H groups in total. The third-order valence-electron chi connectivity index (χ3n) is 4.30. The van der Waals surface area contributed by atoms with Crippen molar-refractivity contribution in [2.75, 3.05) is 0 Å². The molecule has 0 aromatic heterocycles. The van der Waals surface area contributed by atoms with E-state index in [-0.39, 0.29) is 6.09 Å². The molecule has 96 valence electrons. The van der Waals surface area contributed by atoms with Gasteiger partial charge < -0.3 is 10.1 Å². The first kappa shape index (κ1) is 11.6. The summed E-state index contributed by atoms with van der Waals surface area (Å²) >= 11 is 0. The predicted molar refractivity (Wildman–Crippen MR) is 69.1 cm³/mol. The summed E-state index contributed by atoms with van der Waals surface area (Å²) in [5.74, 6) is 0. The van der Waals surface area contributed by atoms with E-state index in [9.17, 15) is 4.79 Å². The van der Waals surface area contributed by atoms with Gasteiger partial charge in [-0.2, -0.15) is 0 Å². The minimum atomic E-state index is -0.267. The molecule has 0 aliphatic heterocycles. The Hall–Kier alpha value is -1.51. The second-order valence-corrected chi connectivity index (χ2v) is 5.51. The molecule has 1 aromatic carbocycles. The summed E-state index contributed by atoms with van der Waals surface area (Å²) in [7, 11) is 0. The Kier molecular flexibility index (Phi) is 2.98. The van der Waals surface area contributed by atoms with Crippen LogP contribution in [-0.2, 0) is 11.3 Å². The molecule has 1 atom stereocenters. The summed E-state index contributed by atoms with van der Waals surface area (Å²) in [5, 5.41) is 3.04. The van der Waals surface area contributed by atoms with Crippen LogP contribution in [0.4, 0.5) is 4.79 Å². The van der Waals surface area contributed by atoms with Gasteiger partial charge in [0.1, 0.15) is 6.61 Å². The summed E-state index contributed by atoms with van der Waals surface area (Å²) in [6, 6.07) is 10.1. The van der Waals surface area contributed by atoms with E-state index >= 15 is 0 Å². The first-order chi connectivity index (χ1) is 8.78. The number of alkyl carbamates (subject to hydrolysis) is 1. The number of amides is 1. The van der Waals surface area contributed by atoms with Crippen LogP contribution < -0.4 is 5.32 Å². The van der Waals surface area contributed by atoms with Gasteiger partial charge in [-0.3, -0.25) is 0 Å². The molecule has 1 aromatic rings. The second kappa shape index (κ2) is 4.63. The Morgan fingerprint density at radius 2 is 2.06 bits per heavy atom. The number of hydrogen-bond acceptors (Lipinski definition) is 2. The van der Waals surface area contributed by atoms with Crippen molar-refractivity contribution in [3.8, 4) is 0 Å². The van der Waals surface area contributed by atoms with Crippen molar-refractivity contribution in [2.24, 2.45) is 5.41 Å². The fraction of sp³-hybridized carbons (Fsp3) is 0.533. The van der Waals surface area contributed by atoms with Crippen molar-refractivity contribution in [3.05, 3.63) is 35.9 Å². The lowest BCUT2D eigenvalue weighted by Gasteiger charge is -2.19. The molecule has 3 heteroatoms. The highest BCUT2D eigenvalue weighted by atomic mass is 16.5. The predicted octanol–water partition coefficient (Wildman–Crippen LogP) is 3.25. The molecule has 2 aliphatic carbocycles. The minimum Gasteiger partial charge on any atom is -0.445 e. The van der Waals surface area contributed by atoms with E-state index in [0.717, 1.165) is 12.0 Å². The Labute approximate surface area is 108 Å². The van der Waals surface area contributed by atoms with Crippen LogP contribution in [-0.4, -0.2) is 12.1 Å². The number of ether oxygens (including phenoxy) is 1. The molecule has 2 aliphatic rings. The van der Waals surface area contributed by atoms with Gasteiger partial charge in [-0.05, 0) is 36.7 Å². The third kappa shape index (κ3) is 2.35. The normalized spacial score (nSPS) is 23.9. The maximum Gasteiger partial charge on any atom is 0.407 e. The fourth-order valence-corrected chi connectivity index (χ4v) is 3.03. The molecule has 0 bridgehead atoms. The Morgan fingerprint density at radius 1 is 1.28 bits per heavy atom. The van der Waals surface area contributed by atoms with Crippen LogP contribution in [0.3, 0.4) is 0 Å². The lowest BCUT2D eigenvalue weighted by Crippen LogP contribution is -2.38. The number of hydrogen-bond donors (Lipinski definition) is 1. The number of carbonyl (C=O) groups is 1. The fourth-order valence-electron chi connectivity index (χ4n) is 3.03. The molecule has 1 amide bonds. The Morgan fingerprint density at radius 3 is 2.78 bits per heavy atom. The smallest absolute Gasteiger partial charge is 0.407 e. The first-order valence-corrected chi connectivity index (χ1v) is 6.76. The largest absolute Gasteiger partial charge is 0.445 e. The van der Waals surface area contributed by atoms with Crippen LogP contribution in [0.25, 0.3) is 0 Å². The first-order valence-electron chi connectivity index (χ1n) is 6.76. The zero-order valence-corrected chi connectivity index (χ0v) is 10.5. The second-order valence-electron chi connectivity index (χ2n) is 5.51. The number of benzene rings is 1. The number of rotatable bonds is 3. The van der Waals surface area contributed by atoms with Crippen molar-refractivity contribution in [2.45, 2.75) is 44.8 Å².